The Morgan fingerprint density at radius 2 is 2.05 bits per heavy atom. The first kappa shape index (κ1) is 12.9. The minimum Gasteiger partial charge on any atom is -0.399 e. The van der Waals surface area contributed by atoms with E-state index in [1.165, 1.54) is 44.3 Å². The highest BCUT2D eigenvalue weighted by Gasteiger charge is 2.45. The number of likely N-dealkylation sites (tertiary alicyclic amines) is 1. The average molecular weight is 260 g/mol. The molecular formula is C16H24N2O. The number of anilines is 1. The van der Waals surface area contributed by atoms with Gasteiger partial charge in [-0.2, -0.15) is 0 Å². The van der Waals surface area contributed by atoms with Gasteiger partial charge in [-0.1, -0.05) is 12.1 Å². The van der Waals surface area contributed by atoms with Crippen LogP contribution in [0.15, 0.2) is 24.3 Å². The second-order valence-corrected chi connectivity index (χ2v) is 6.14. The van der Waals surface area contributed by atoms with Gasteiger partial charge in [0.15, 0.2) is 0 Å². The van der Waals surface area contributed by atoms with E-state index in [4.69, 9.17) is 10.5 Å². The van der Waals surface area contributed by atoms with Crippen LogP contribution < -0.4 is 5.73 Å². The van der Waals surface area contributed by atoms with Crippen molar-refractivity contribution in [3.05, 3.63) is 29.8 Å². The second kappa shape index (κ2) is 5.14. The lowest BCUT2D eigenvalue weighted by Crippen LogP contribution is -2.43. The van der Waals surface area contributed by atoms with Crippen molar-refractivity contribution in [1.82, 2.24) is 4.90 Å². The molecule has 0 bridgehead atoms. The van der Waals surface area contributed by atoms with E-state index in [1.54, 1.807) is 0 Å². The zero-order valence-corrected chi connectivity index (χ0v) is 11.8. The van der Waals surface area contributed by atoms with Crippen molar-refractivity contribution < 1.29 is 4.74 Å². The molecule has 19 heavy (non-hydrogen) atoms. The van der Waals surface area contributed by atoms with E-state index in [0.29, 0.717) is 11.5 Å². The van der Waals surface area contributed by atoms with E-state index in [2.05, 4.69) is 17.0 Å². The lowest BCUT2D eigenvalue weighted by molar-refractivity contribution is 0.0281. The molecule has 1 heterocycles. The van der Waals surface area contributed by atoms with Crippen LogP contribution in [0.1, 0.15) is 31.2 Å². The number of nitrogens with zero attached hydrogens (tertiary/aromatic N) is 1. The Morgan fingerprint density at radius 3 is 2.68 bits per heavy atom. The zero-order valence-electron chi connectivity index (χ0n) is 11.8. The average Bonchev–Trinajstić information content (AvgIpc) is 3.20. The molecule has 1 aliphatic heterocycles. The summed E-state index contributed by atoms with van der Waals surface area (Å²) in [5, 5.41) is 0. The van der Waals surface area contributed by atoms with Gasteiger partial charge in [-0.15, -0.1) is 0 Å². The Hall–Kier alpha value is -1.06. The standard InChI is InChI=1S/C16H24N2O/c1-19-15-3-2-10-18(11-15)12-16(8-9-16)13-4-6-14(17)7-5-13/h4-7,15H,2-3,8-12,17H2,1H3. The maximum Gasteiger partial charge on any atom is 0.0698 e. The summed E-state index contributed by atoms with van der Waals surface area (Å²) in [4.78, 5) is 2.58. The highest BCUT2D eigenvalue weighted by atomic mass is 16.5. The number of nitrogen functional groups attached to an aromatic ring is 1. The van der Waals surface area contributed by atoms with E-state index in [0.717, 1.165) is 12.2 Å². The zero-order chi connectivity index (χ0) is 13.3. The van der Waals surface area contributed by atoms with Gasteiger partial charge in [0.25, 0.3) is 0 Å². The molecule has 0 radical (unpaired) electrons. The summed E-state index contributed by atoms with van der Waals surface area (Å²) in [6.07, 6.45) is 5.52. The fourth-order valence-corrected chi connectivity index (χ4v) is 3.30. The molecule has 3 rings (SSSR count). The molecule has 1 saturated carbocycles. The van der Waals surface area contributed by atoms with Crippen molar-refractivity contribution in [3.8, 4) is 0 Å². The van der Waals surface area contributed by atoms with Gasteiger partial charge in [-0.25, -0.2) is 0 Å². The van der Waals surface area contributed by atoms with E-state index < -0.39 is 0 Å². The van der Waals surface area contributed by atoms with Crippen LogP contribution in [0.25, 0.3) is 0 Å². The van der Waals surface area contributed by atoms with Gasteiger partial charge >= 0.3 is 0 Å². The predicted octanol–water partition coefficient (Wildman–Crippen LogP) is 2.41. The van der Waals surface area contributed by atoms with Crippen LogP contribution in [0.3, 0.4) is 0 Å². The molecular weight excluding hydrogens is 236 g/mol. The molecule has 1 aromatic rings. The monoisotopic (exact) mass is 260 g/mol. The van der Waals surface area contributed by atoms with E-state index in [1.807, 2.05) is 19.2 Å². The Bertz CT molecular complexity index is 425. The van der Waals surface area contributed by atoms with Gasteiger partial charge in [-0.3, -0.25) is 4.90 Å². The van der Waals surface area contributed by atoms with Gasteiger partial charge in [0.2, 0.25) is 0 Å². The van der Waals surface area contributed by atoms with Gasteiger partial charge in [-0.05, 0) is 49.9 Å². The SMILES string of the molecule is COC1CCCN(CC2(c3ccc(N)cc3)CC2)C1. The summed E-state index contributed by atoms with van der Waals surface area (Å²) in [7, 11) is 1.83. The van der Waals surface area contributed by atoms with Crippen LogP contribution in [-0.2, 0) is 10.2 Å². The number of hydrogen-bond acceptors (Lipinski definition) is 3. The molecule has 1 unspecified atom stereocenters. The van der Waals surface area contributed by atoms with Crippen molar-refractivity contribution in [1.29, 1.82) is 0 Å². The summed E-state index contributed by atoms with van der Waals surface area (Å²) in [6.45, 7) is 3.49. The molecule has 1 aliphatic carbocycles. The fraction of sp³-hybridized carbons (Fsp3) is 0.625. The number of benzene rings is 1. The van der Waals surface area contributed by atoms with Crippen LogP contribution in [0, 0.1) is 0 Å². The van der Waals surface area contributed by atoms with Crippen molar-refractivity contribution >= 4 is 5.69 Å². The summed E-state index contributed by atoms with van der Waals surface area (Å²) in [5.41, 5.74) is 8.49. The van der Waals surface area contributed by atoms with Crippen LogP contribution in [0.5, 0.6) is 0 Å². The smallest absolute Gasteiger partial charge is 0.0698 e. The van der Waals surface area contributed by atoms with Crippen LogP contribution in [-0.4, -0.2) is 37.7 Å². The summed E-state index contributed by atoms with van der Waals surface area (Å²) < 4.78 is 5.52. The van der Waals surface area contributed by atoms with Crippen molar-refractivity contribution in [3.63, 3.8) is 0 Å². The van der Waals surface area contributed by atoms with E-state index in [-0.39, 0.29) is 0 Å². The molecule has 3 heteroatoms. The number of methoxy groups -OCH3 is 1. The maximum atomic E-state index is 5.78. The minimum atomic E-state index is 0.392. The quantitative estimate of drug-likeness (QED) is 0.845. The number of ether oxygens (including phenoxy) is 1. The largest absolute Gasteiger partial charge is 0.399 e. The van der Waals surface area contributed by atoms with Crippen LogP contribution >= 0.6 is 0 Å². The van der Waals surface area contributed by atoms with E-state index in [9.17, 15) is 0 Å². The number of nitrogens with two attached hydrogens (primary N) is 1. The molecule has 2 fully saturated rings. The molecule has 1 saturated heterocycles. The Morgan fingerprint density at radius 1 is 1.32 bits per heavy atom. The molecule has 104 valence electrons. The molecule has 1 atom stereocenters. The highest BCUT2D eigenvalue weighted by Crippen LogP contribution is 2.49. The topological polar surface area (TPSA) is 38.5 Å². The van der Waals surface area contributed by atoms with Crippen molar-refractivity contribution in [2.45, 2.75) is 37.2 Å². The Kier molecular flexibility index (Phi) is 3.50. The Labute approximate surface area is 115 Å². The van der Waals surface area contributed by atoms with Crippen molar-refractivity contribution in [2.75, 3.05) is 32.5 Å². The predicted molar refractivity (Wildman–Crippen MR) is 78.2 cm³/mol. The van der Waals surface area contributed by atoms with Gasteiger partial charge in [0.1, 0.15) is 0 Å². The second-order valence-electron chi connectivity index (χ2n) is 6.14. The number of hydrogen-bond donors (Lipinski definition) is 1. The van der Waals surface area contributed by atoms with Gasteiger partial charge < -0.3 is 10.5 Å². The molecule has 2 N–H and O–H groups in total. The lowest BCUT2D eigenvalue weighted by atomic mass is 9.94. The molecule has 1 aromatic carbocycles. The van der Waals surface area contributed by atoms with E-state index >= 15 is 0 Å². The number of rotatable bonds is 4. The molecule has 3 nitrogen and oxygen atoms in total. The summed E-state index contributed by atoms with van der Waals surface area (Å²) >= 11 is 0. The summed E-state index contributed by atoms with van der Waals surface area (Å²) in [5.74, 6) is 0. The fourth-order valence-electron chi connectivity index (χ4n) is 3.30. The molecule has 0 amide bonds. The third-order valence-electron chi connectivity index (χ3n) is 4.70. The number of piperidine rings is 1. The first-order valence-electron chi connectivity index (χ1n) is 7.33. The first-order chi connectivity index (χ1) is 9.22. The maximum absolute atomic E-state index is 5.78. The minimum absolute atomic E-state index is 0.392. The summed E-state index contributed by atoms with van der Waals surface area (Å²) in [6, 6.07) is 8.48. The molecule has 0 aromatic heterocycles. The lowest BCUT2D eigenvalue weighted by Gasteiger charge is -2.34. The molecule has 0 spiro atoms. The third kappa shape index (κ3) is 2.77. The first-order valence-corrected chi connectivity index (χ1v) is 7.33. The van der Waals surface area contributed by atoms with Crippen molar-refractivity contribution in [2.24, 2.45) is 0 Å². The third-order valence-corrected chi connectivity index (χ3v) is 4.70. The highest BCUT2D eigenvalue weighted by molar-refractivity contribution is 5.43. The van der Waals surface area contributed by atoms with Gasteiger partial charge in [0.05, 0.1) is 6.10 Å². The normalized spacial score (nSPS) is 26.3. The van der Waals surface area contributed by atoms with Gasteiger partial charge in [0, 0.05) is 31.3 Å². The van der Waals surface area contributed by atoms with Crippen LogP contribution in [0.2, 0.25) is 0 Å². The Balaban J connectivity index is 1.67. The van der Waals surface area contributed by atoms with Crippen LogP contribution in [0.4, 0.5) is 5.69 Å². The molecule has 2 aliphatic rings.